The van der Waals surface area contributed by atoms with Gasteiger partial charge in [-0.3, -0.25) is 0 Å². The average Bonchev–Trinajstić information content (AvgIpc) is 2.94. The van der Waals surface area contributed by atoms with Gasteiger partial charge in [0.05, 0.1) is 14.2 Å². The van der Waals surface area contributed by atoms with Crippen LogP contribution in [0.3, 0.4) is 0 Å². The Bertz CT molecular complexity index is 538. The molecule has 2 aliphatic rings. The number of methoxy groups -OCH3 is 2. The van der Waals surface area contributed by atoms with Crippen molar-refractivity contribution in [2.75, 3.05) is 27.8 Å². The summed E-state index contributed by atoms with van der Waals surface area (Å²) in [7, 11) is 5.60. The zero-order valence-corrected chi connectivity index (χ0v) is 14.6. The quantitative estimate of drug-likeness (QED) is 0.827. The van der Waals surface area contributed by atoms with Crippen molar-refractivity contribution < 1.29 is 9.47 Å². The molecule has 0 bridgehead atoms. The van der Waals surface area contributed by atoms with Crippen LogP contribution in [0.4, 0.5) is 0 Å². The number of benzene rings is 1. The fraction of sp³-hybridized carbons (Fsp3) is 0.579. The Morgan fingerprint density at radius 1 is 1.05 bits per heavy atom. The molecule has 0 radical (unpaired) electrons. The van der Waals surface area contributed by atoms with E-state index in [0.717, 1.165) is 18.0 Å². The van der Waals surface area contributed by atoms with Gasteiger partial charge in [-0.25, -0.2) is 0 Å². The fourth-order valence-corrected chi connectivity index (χ4v) is 3.79. The highest BCUT2D eigenvalue weighted by Gasteiger charge is 2.44. The molecular formula is C19H29NO2. The molecule has 0 amide bonds. The second-order valence-electron chi connectivity index (χ2n) is 5.81. The van der Waals surface area contributed by atoms with Crippen LogP contribution < -0.4 is 9.47 Å². The van der Waals surface area contributed by atoms with Crippen molar-refractivity contribution in [3.05, 3.63) is 35.5 Å². The van der Waals surface area contributed by atoms with E-state index in [2.05, 4.69) is 30.2 Å². The molecule has 0 aromatic heterocycles. The van der Waals surface area contributed by atoms with E-state index >= 15 is 0 Å². The van der Waals surface area contributed by atoms with Gasteiger partial charge in [-0.05, 0) is 43.4 Å². The number of likely N-dealkylation sites (tertiary alicyclic amines) is 1. The Kier molecular flexibility index (Phi) is 5.38. The predicted octanol–water partition coefficient (Wildman–Crippen LogP) is 4.37. The Labute approximate surface area is 134 Å². The summed E-state index contributed by atoms with van der Waals surface area (Å²) in [5.74, 6) is 1.64. The Morgan fingerprint density at radius 2 is 1.77 bits per heavy atom. The molecule has 122 valence electrons. The average molecular weight is 303 g/mol. The summed E-state index contributed by atoms with van der Waals surface area (Å²) in [4.78, 5) is 2.41. The van der Waals surface area contributed by atoms with E-state index in [1.807, 2.05) is 19.9 Å². The van der Waals surface area contributed by atoms with Gasteiger partial charge in [0.2, 0.25) is 0 Å². The lowest BCUT2D eigenvalue weighted by Gasteiger charge is -2.36. The van der Waals surface area contributed by atoms with E-state index in [-0.39, 0.29) is 5.41 Å². The first-order chi connectivity index (χ1) is 10.7. The van der Waals surface area contributed by atoms with Gasteiger partial charge in [0.15, 0.2) is 11.5 Å². The smallest absolute Gasteiger partial charge is 0.161 e. The van der Waals surface area contributed by atoms with Crippen molar-refractivity contribution in [1.29, 1.82) is 0 Å². The lowest BCUT2D eigenvalue weighted by atomic mass is 9.70. The van der Waals surface area contributed by atoms with Gasteiger partial charge in [-0.2, -0.15) is 0 Å². The van der Waals surface area contributed by atoms with E-state index in [9.17, 15) is 0 Å². The number of fused-ring (bicyclic) bond motifs is 1. The molecule has 1 fully saturated rings. The van der Waals surface area contributed by atoms with Gasteiger partial charge >= 0.3 is 0 Å². The molecule has 3 nitrogen and oxygen atoms in total. The summed E-state index contributed by atoms with van der Waals surface area (Å²) in [5.41, 5.74) is 3.05. The van der Waals surface area contributed by atoms with Gasteiger partial charge in [-0.1, -0.05) is 26.0 Å². The lowest BCUT2D eigenvalue weighted by molar-refractivity contribution is 0.351. The summed E-state index contributed by atoms with van der Waals surface area (Å²) < 4.78 is 10.8. The fourth-order valence-electron chi connectivity index (χ4n) is 3.79. The maximum Gasteiger partial charge on any atom is 0.161 e. The van der Waals surface area contributed by atoms with Gasteiger partial charge in [0.1, 0.15) is 0 Å². The van der Waals surface area contributed by atoms with Crippen LogP contribution in [0.25, 0.3) is 0 Å². The van der Waals surface area contributed by atoms with Gasteiger partial charge < -0.3 is 14.4 Å². The van der Waals surface area contributed by atoms with E-state index in [1.54, 1.807) is 14.2 Å². The number of hydrogen-bond acceptors (Lipinski definition) is 3. The Morgan fingerprint density at radius 3 is 2.45 bits per heavy atom. The maximum absolute atomic E-state index is 5.48. The van der Waals surface area contributed by atoms with Crippen molar-refractivity contribution in [3.8, 4) is 11.5 Å². The summed E-state index contributed by atoms with van der Waals surface area (Å²) in [5, 5.41) is 0. The van der Waals surface area contributed by atoms with Gasteiger partial charge in [-0.15, -0.1) is 0 Å². The minimum atomic E-state index is 0.187. The first kappa shape index (κ1) is 16.7. The number of hydrogen-bond donors (Lipinski definition) is 0. The maximum atomic E-state index is 5.48. The van der Waals surface area contributed by atoms with Crippen LogP contribution in [0.1, 0.15) is 45.1 Å². The first-order valence-electron chi connectivity index (χ1n) is 8.35. The SMILES string of the molecule is CC.COc1ccc(C23CCCC=C2N(C)CC3)cc1OC. The zero-order valence-electron chi connectivity index (χ0n) is 14.6. The third-order valence-electron chi connectivity index (χ3n) is 4.86. The van der Waals surface area contributed by atoms with Crippen LogP contribution in [0, 0.1) is 0 Å². The zero-order chi connectivity index (χ0) is 16.2. The summed E-state index contributed by atoms with van der Waals surface area (Å²) in [6.45, 7) is 5.14. The highest BCUT2D eigenvalue weighted by Crippen LogP contribution is 2.50. The molecule has 1 unspecified atom stereocenters. The van der Waals surface area contributed by atoms with Crippen molar-refractivity contribution in [3.63, 3.8) is 0 Å². The number of rotatable bonds is 3. The predicted molar refractivity (Wildman–Crippen MR) is 91.8 cm³/mol. The van der Waals surface area contributed by atoms with Gasteiger partial charge in [0, 0.05) is 24.7 Å². The molecular weight excluding hydrogens is 274 g/mol. The molecule has 1 atom stereocenters. The largest absolute Gasteiger partial charge is 0.493 e. The number of likely N-dealkylation sites (N-methyl/N-ethyl adjacent to an activating group) is 1. The van der Waals surface area contributed by atoms with Crippen LogP contribution in [-0.4, -0.2) is 32.7 Å². The number of nitrogens with zero attached hydrogens (tertiary/aromatic N) is 1. The molecule has 0 spiro atoms. The molecule has 3 heteroatoms. The Balaban J connectivity index is 0.000000847. The van der Waals surface area contributed by atoms with Crippen molar-refractivity contribution in [1.82, 2.24) is 4.90 Å². The normalized spacial score (nSPS) is 23.1. The molecule has 1 saturated heterocycles. The number of allylic oxidation sites excluding steroid dienone is 2. The van der Waals surface area contributed by atoms with Crippen LogP contribution in [0.5, 0.6) is 11.5 Å². The molecule has 0 saturated carbocycles. The van der Waals surface area contributed by atoms with E-state index < -0.39 is 0 Å². The third-order valence-corrected chi connectivity index (χ3v) is 4.86. The van der Waals surface area contributed by atoms with Crippen molar-refractivity contribution in [2.24, 2.45) is 0 Å². The van der Waals surface area contributed by atoms with E-state index in [4.69, 9.17) is 9.47 Å². The molecule has 1 aliphatic heterocycles. The minimum absolute atomic E-state index is 0.187. The molecule has 1 aromatic rings. The summed E-state index contributed by atoms with van der Waals surface area (Å²) in [6, 6.07) is 6.41. The van der Waals surface area contributed by atoms with Crippen LogP contribution >= 0.6 is 0 Å². The van der Waals surface area contributed by atoms with E-state index in [1.165, 1.54) is 36.9 Å². The topological polar surface area (TPSA) is 21.7 Å². The standard InChI is InChI=1S/C17H23NO2.C2H6/c1-18-11-10-17(9-5-4-6-16(17)18)13-7-8-14(19-2)15(12-13)20-3;1-2/h6-8,12H,4-5,9-11H2,1-3H3;1-2H3. The minimum Gasteiger partial charge on any atom is -0.493 e. The molecule has 0 N–H and O–H groups in total. The monoisotopic (exact) mass is 303 g/mol. The molecule has 1 aromatic carbocycles. The second-order valence-corrected chi connectivity index (χ2v) is 5.81. The summed E-state index contributed by atoms with van der Waals surface area (Å²) in [6.07, 6.45) is 7.33. The molecule has 1 aliphatic carbocycles. The van der Waals surface area contributed by atoms with Crippen LogP contribution in [0.15, 0.2) is 30.0 Å². The molecule has 22 heavy (non-hydrogen) atoms. The first-order valence-corrected chi connectivity index (χ1v) is 8.35. The lowest BCUT2D eigenvalue weighted by Crippen LogP contribution is -2.29. The highest BCUT2D eigenvalue weighted by atomic mass is 16.5. The molecule has 1 heterocycles. The van der Waals surface area contributed by atoms with E-state index in [0.29, 0.717) is 0 Å². The summed E-state index contributed by atoms with van der Waals surface area (Å²) >= 11 is 0. The third kappa shape index (κ3) is 2.69. The van der Waals surface area contributed by atoms with Crippen LogP contribution in [0.2, 0.25) is 0 Å². The van der Waals surface area contributed by atoms with Crippen LogP contribution in [-0.2, 0) is 5.41 Å². The van der Waals surface area contributed by atoms with Crippen molar-refractivity contribution in [2.45, 2.75) is 44.9 Å². The second kappa shape index (κ2) is 7.08. The van der Waals surface area contributed by atoms with Crippen molar-refractivity contribution >= 4 is 0 Å². The number of ether oxygens (including phenoxy) is 2. The molecule has 3 rings (SSSR count). The highest BCUT2D eigenvalue weighted by molar-refractivity contribution is 5.49. The Hall–Kier alpha value is -1.64. The van der Waals surface area contributed by atoms with Gasteiger partial charge in [0.25, 0.3) is 0 Å².